The first-order chi connectivity index (χ1) is 8.92. The Labute approximate surface area is 113 Å². The monoisotopic (exact) mass is 254 g/mol. The van der Waals surface area contributed by atoms with Crippen LogP contribution in [0.4, 0.5) is 0 Å². The molecule has 0 saturated heterocycles. The Bertz CT molecular complexity index is 512. The summed E-state index contributed by atoms with van der Waals surface area (Å²) in [6.07, 6.45) is 21.5. The molecule has 1 saturated carbocycles. The van der Waals surface area contributed by atoms with E-state index in [-0.39, 0.29) is 0 Å². The van der Waals surface area contributed by atoms with Crippen molar-refractivity contribution in [3.63, 3.8) is 0 Å². The second kappa shape index (κ2) is 4.31. The van der Waals surface area contributed by atoms with Crippen molar-refractivity contribution in [2.24, 2.45) is 11.8 Å². The molecule has 1 fully saturated rings. The van der Waals surface area contributed by atoms with Crippen LogP contribution < -0.4 is 0 Å². The topological polar surface area (TPSA) is 0 Å². The molecular weight excluding hydrogens is 236 g/mol. The fourth-order valence-corrected chi connectivity index (χ4v) is 4.59. The van der Waals surface area contributed by atoms with Crippen molar-refractivity contribution >= 4 is 11.8 Å². The first-order valence-electron chi connectivity index (χ1n) is 7.04. The van der Waals surface area contributed by atoms with Gasteiger partial charge < -0.3 is 0 Å². The molecule has 0 amide bonds. The Morgan fingerprint density at radius 2 is 2.06 bits per heavy atom. The van der Waals surface area contributed by atoms with Gasteiger partial charge in [-0.05, 0) is 42.7 Å². The summed E-state index contributed by atoms with van der Waals surface area (Å²) in [5, 5.41) is 0.901. The molecule has 2 atom stereocenters. The number of hydrogen-bond donors (Lipinski definition) is 0. The summed E-state index contributed by atoms with van der Waals surface area (Å²) < 4.78 is 0. The van der Waals surface area contributed by atoms with Gasteiger partial charge in [0.1, 0.15) is 0 Å². The van der Waals surface area contributed by atoms with Crippen molar-refractivity contribution in [1.82, 2.24) is 0 Å². The highest BCUT2D eigenvalue weighted by molar-refractivity contribution is 8.04. The van der Waals surface area contributed by atoms with Gasteiger partial charge in [0.05, 0.1) is 0 Å². The molecule has 0 spiro atoms. The minimum Gasteiger partial charge on any atom is -0.122 e. The minimum absolute atomic E-state index is 0.671. The highest BCUT2D eigenvalue weighted by Gasteiger charge is 2.34. The molecule has 4 aliphatic carbocycles. The van der Waals surface area contributed by atoms with Crippen LogP contribution in [0.25, 0.3) is 0 Å². The maximum atomic E-state index is 2.40. The average molecular weight is 254 g/mol. The van der Waals surface area contributed by atoms with Crippen molar-refractivity contribution in [2.75, 3.05) is 0 Å². The molecule has 0 nitrogen and oxygen atoms in total. The van der Waals surface area contributed by atoms with Gasteiger partial charge in [0.25, 0.3) is 0 Å². The van der Waals surface area contributed by atoms with E-state index >= 15 is 0 Å². The zero-order chi connectivity index (χ0) is 11.9. The van der Waals surface area contributed by atoms with Gasteiger partial charge in [0.15, 0.2) is 0 Å². The lowest BCUT2D eigenvalue weighted by atomic mass is 9.74. The summed E-state index contributed by atoms with van der Waals surface area (Å²) in [4.78, 5) is 1.61. The molecule has 4 rings (SSSR count). The lowest BCUT2D eigenvalue weighted by molar-refractivity contribution is 0.492. The number of thioether (sulfide) groups is 1. The van der Waals surface area contributed by atoms with E-state index in [4.69, 9.17) is 0 Å². The van der Waals surface area contributed by atoms with Gasteiger partial charge in [-0.2, -0.15) is 0 Å². The Morgan fingerprint density at radius 3 is 2.94 bits per heavy atom. The molecule has 0 N–H and O–H groups in total. The van der Waals surface area contributed by atoms with E-state index < -0.39 is 0 Å². The minimum atomic E-state index is 0.671. The van der Waals surface area contributed by atoms with Crippen LogP contribution in [0.5, 0.6) is 0 Å². The van der Waals surface area contributed by atoms with E-state index in [0.717, 1.165) is 11.2 Å². The van der Waals surface area contributed by atoms with Gasteiger partial charge in [-0.1, -0.05) is 42.5 Å². The second-order valence-corrected chi connectivity index (χ2v) is 6.98. The molecule has 4 aliphatic rings. The van der Waals surface area contributed by atoms with Gasteiger partial charge >= 0.3 is 0 Å². The van der Waals surface area contributed by atoms with E-state index in [1.807, 2.05) is 0 Å². The van der Waals surface area contributed by atoms with Gasteiger partial charge in [-0.25, -0.2) is 0 Å². The summed E-state index contributed by atoms with van der Waals surface area (Å²) in [7, 11) is 0. The lowest BCUT2D eigenvalue weighted by Crippen LogP contribution is -2.21. The van der Waals surface area contributed by atoms with E-state index in [0.29, 0.717) is 5.92 Å². The Morgan fingerprint density at radius 1 is 1.11 bits per heavy atom. The zero-order valence-electron chi connectivity index (χ0n) is 10.5. The van der Waals surface area contributed by atoms with Crippen LogP contribution in [0.1, 0.15) is 25.7 Å². The predicted octanol–water partition coefficient (Wildman–Crippen LogP) is 4.78. The molecule has 0 aliphatic heterocycles. The van der Waals surface area contributed by atoms with Crippen molar-refractivity contribution < 1.29 is 0 Å². The summed E-state index contributed by atoms with van der Waals surface area (Å²) >= 11 is 2.15. The van der Waals surface area contributed by atoms with E-state index in [1.54, 1.807) is 16.1 Å². The number of fused-ring (bicyclic) bond motifs is 2. The number of hydrogen-bond acceptors (Lipinski definition) is 1. The third-order valence-electron chi connectivity index (χ3n) is 4.27. The Hall–Kier alpha value is -0.950. The average Bonchev–Trinajstić information content (AvgIpc) is 3.22. The summed E-state index contributed by atoms with van der Waals surface area (Å²) in [5.41, 5.74) is 3.22. The molecule has 0 aromatic carbocycles. The smallest absolute Gasteiger partial charge is 0.0148 e. The second-order valence-electron chi connectivity index (χ2n) is 5.67. The summed E-state index contributed by atoms with van der Waals surface area (Å²) in [6.45, 7) is 0. The lowest BCUT2D eigenvalue weighted by Gasteiger charge is -2.35. The maximum absolute atomic E-state index is 2.40. The normalized spacial score (nSPS) is 33.2. The van der Waals surface area contributed by atoms with Gasteiger partial charge in [-0.3, -0.25) is 0 Å². The third kappa shape index (κ3) is 1.85. The first-order valence-corrected chi connectivity index (χ1v) is 7.92. The van der Waals surface area contributed by atoms with Gasteiger partial charge in [-0.15, -0.1) is 11.8 Å². The highest BCUT2D eigenvalue weighted by atomic mass is 32.2. The molecule has 0 bridgehead atoms. The third-order valence-corrected chi connectivity index (χ3v) is 5.79. The summed E-state index contributed by atoms with van der Waals surface area (Å²) in [6, 6.07) is 0. The van der Waals surface area contributed by atoms with Crippen LogP contribution >= 0.6 is 11.8 Å². The summed E-state index contributed by atoms with van der Waals surface area (Å²) in [5.74, 6) is 1.44. The molecule has 0 aromatic rings. The van der Waals surface area contributed by atoms with Crippen LogP contribution in [0.3, 0.4) is 0 Å². The Balaban J connectivity index is 1.79. The van der Waals surface area contributed by atoms with Crippen LogP contribution in [0.15, 0.2) is 58.6 Å². The first kappa shape index (κ1) is 10.9. The van der Waals surface area contributed by atoms with Crippen molar-refractivity contribution in [3.05, 3.63) is 58.6 Å². The SMILES string of the molecule is C1=CCC2CC3C=CC=CC3=C(SC3CC3)C2=C1. The van der Waals surface area contributed by atoms with E-state index in [2.05, 4.69) is 54.3 Å². The highest BCUT2D eigenvalue weighted by Crippen LogP contribution is 2.51. The molecule has 92 valence electrons. The maximum Gasteiger partial charge on any atom is 0.0148 e. The van der Waals surface area contributed by atoms with Gasteiger partial charge in [0.2, 0.25) is 0 Å². The Kier molecular flexibility index (Phi) is 2.61. The van der Waals surface area contributed by atoms with Crippen molar-refractivity contribution in [3.8, 4) is 0 Å². The van der Waals surface area contributed by atoms with Crippen LogP contribution in [0, 0.1) is 11.8 Å². The number of allylic oxidation sites excluding steroid dienone is 9. The predicted molar refractivity (Wildman–Crippen MR) is 79.4 cm³/mol. The molecule has 0 heterocycles. The molecule has 1 heteroatoms. The zero-order valence-corrected chi connectivity index (χ0v) is 11.3. The van der Waals surface area contributed by atoms with Crippen molar-refractivity contribution in [2.45, 2.75) is 30.9 Å². The van der Waals surface area contributed by atoms with Crippen LogP contribution in [-0.2, 0) is 0 Å². The quantitative estimate of drug-likeness (QED) is 0.683. The largest absolute Gasteiger partial charge is 0.122 e. The number of rotatable bonds is 2. The van der Waals surface area contributed by atoms with Gasteiger partial charge in [0, 0.05) is 16.1 Å². The molecule has 0 aromatic heterocycles. The van der Waals surface area contributed by atoms with Crippen molar-refractivity contribution in [1.29, 1.82) is 0 Å². The standard InChI is InChI=1S/C17H18S/c1-3-7-15-12(5-1)11-13-6-2-4-8-16(13)17(15)18-14-9-10-14/h1-5,7-8,12-14H,6,9-11H2. The fourth-order valence-electron chi connectivity index (χ4n) is 3.16. The van der Waals surface area contributed by atoms with E-state index in [9.17, 15) is 0 Å². The fraction of sp³-hybridized carbons (Fsp3) is 0.412. The van der Waals surface area contributed by atoms with E-state index in [1.165, 1.54) is 25.7 Å². The molecule has 0 radical (unpaired) electrons. The molecule has 2 unspecified atom stereocenters. The van der Waals surface area contributed by atoms with Crippen LogP contribution in [0.2, 0.25) is 0 Å². The van der Waals surface area contributed by atoms with Crippen LogP contribution in [-0.4, -0.2) is 5.25 Å². The molecule has 18 heavy (non-hydrogen) atoms. The molecular formula is C17H18S.